The van der Waals surface area contributed by atoms with Crippen LogP contribution in [0.15, 0.2) is 0 Å². The van der Waals surface area contributed by atoms with Gasteiger partial charge in [-0.1, -0.05) is 0 Å². The summed E-state index contributed by atoms with van der Waals surface area (Å²) in [5.74, 6) is 0. The van der Waals surface area contributed by atoms with Crippen molar-refractivity contribution in [3.8, 4) is 0 Å². The summed E-state index contributed by atoms with van der Waals surface area (Å²) in [5.41, 5.74) is 6.64. The Balaban J connectivity index is 2.49. The van der Waals surface area contributed by atoms with Gasteiger partial charge in [-0.15, -0.1) is 11.3 Å². The lowest BCUT2D eigenvalue weighted by atomic mass is 10.3. The van der Waals surface area contributed by atoms with E-state index < -0.39 is 0 Å². The second-order valence-electron chi connectivity index (χ2n) is 3.26. The second kappa shape index (κ2) is 4.69. The number of thiazole rings is 1. The molecular formula is C9H17N3S. The van der Waals surface area contributed by atoms with E-state index in [1.807, 2.05) is 13.8 Å². The molecule has 1 unspecified atom stereocenters. The van der Waals surface area contributed by atoms with E-state index in [2.05, 4.69) is 17.2 Å². The minimum atomic E-state index is 0.377. The molecule has 0 fully saturated rings. The summed E-state index contributed by atoms with van der Waals surface area (Å²) in [5, 5.41) is 4.48. The molecule has 3 nitrogen and oxygen atoms in total. The molecule has 1 heterocycles. The lowest BCUT2D eigenvalue weighted by Gasteiger charge is -2.09. The average Bonchev–Trinajstić information content (AvgIpc) is 2.41. The van der Waals surface area contributed by atoms with Gasteiger partial charge in [-0.2, -0.15) is 0 Å². The van der Waals surface area contributed by atoms with Gasteiger partial charge in [-0.25, -0.2) is 4.98 Å². The van der Waals surface area contributed by atoms with Crippen molar-refractivity contribution >= 4 is 11.3 Å². The number of aryl methyl sites for hydroxylation is 2. The van der Waals surface area contributed by atoms with E-state index in [1.165, 1.54) is 4.88 Å². The first-order valence-electron chi connectivity index (χ1n) is 4.50. The lowest BCUT2D eigenvalue weighted by Crippen LogP contribution is -2.32. The lowest BCUT2D eigenvalue weighted by molar-refractivity contribution is 0.558. The molecule has 0 aliphatic carbocycles. The molecule has 0 aromatic carbocycles. The number of hydrogen-bond donors (Lipinski definition) is 2. The van der Waals surface area contributed by atoms with Crippen LogP contribution in [0.5, 0.6) is 0 Å². The molecule has 0 saturated heterocycles. The molecule has 0 saturated carbocycles. The topological polar surface area (TPSA) is 50.9 Å². The van der Waals surface area contributed by atoms with Gasteiger partial charge in [0.1, 0.15) is 0 Å². The van der Waals surface area contributed by atoms with Gasteiger partial charge < -0.3 is 11.1 Å². The van der Waals surface area contributed by atoms with E-state index >= 15 is 0 Å². The molecule has 1 aromatic heterocycles. The standard InChI is InChI=1S/C9H17N3S/c1-6(4-10)11-5-9-7(2)12-8(3)13-9/h6,11H,4-5,10H2,1-3H3. The second-order valence-corrected chi connectivity index (χ2v) is 4.55. The van der Waals surface area contributed by atoms with Crippen LogP contribution in [0.3, 0.4) is 0 Å². The molecular weight excluding hydrogens is 182 g/mol. The summed E-state index contributed by atoms with van der Waals surface area (Å²) in [6, 6.07) is 0.377. The van der Waals surface area contributed by atoms with E-state index in [-0.39, 0.29) is 0 Å². The highest BCUT2D eigenvalue weighted by Gasteiger charge is 2.05. The van der Waals surface area contributed by atoms with Crippen LogP contribution in [0, 0.1) is 13.8 Å². The Morgan fingerprint density at radius 3 is 2.69 bits per heavy atom. The van der Waals surface area contributed by atoms with E-state index in [0.717, 1.165) is 17.2 Å². The Labute approximate surface area is 83.4 Å². The summed E-state index contributed by atoms with van der Waals surface area (Å²) in [6.45, 7) is 7.73. The zero-order chi connectivity index (χ0) is 9.84. The molecule has 1 atom stereocenters. The summed E-state index contributed by atoms with van der Waals surface area (Å²) < 4.78 is 0. The number of nitrogens with two attached hydrogens (primary N) is 1. The van der Waals surface area contributed by atoms with E-state index in [0.29, 0.717) is 12.6 Å². The predicted octanol–water partition coefficient (Wildman–Crippen LogP) is 1.20. The third-order valence-corrected chi connectivity index (χ3v) is 3.04. The van der Waals surface area contributed by atoms with E-state index in [4.69, 9.17) is 5.73 Å². The summed E-state index contributed by atoms with van der Waals surface area (Å²) in [7, 11) is 0. The Bertz CT molecular complexity index is 270. The van der Waals surface area contributed by atoms with Crippen LogP contribution in [-0.2, 0) is 6.54 Å². The maximum Gasteiger partial charge on any atom is 0.0900 e. The molecule has 0 aliphatic rings. The fraction of sp³-hybridized carbons (Fsp3) is 0.667. The third kappa shape index (κ3) is 3.06. The minimum absolute atomic E-state index is 0.377. The maximum absolute atomic E-state index is 5.50. The Kier molecular flexibility index (Phi) is 3.84. The van der Waals surface area contributed by atoms with Crippen LogP contribution in [0.1, 0.15) is 22.5 Å². The van der Waals surface area contributed by atoms with Crippen molar-refractivity contribution in [3.63, 3.8) is 0 Å². The third-order valence-electron chi connectivity index (χ3n) is 1.96. The van der Waals surface area contributed by atoms with Crippen molar-refractivity contribution < 1.29 is 0 Å². The molecule has 1 aromatic rings. The predicted molar refractivity (Wildman–Crippen MR) is 56.9 cm³/mol. The highest BCUT2D eigenvalue weighted by atomic mass is 32.1. The van der Waals surface area contributed by atoms with Crippen LogP contribution in [-0.4, -0.2) is 17.6 Å². The highest BCUT2D eigenvalue weighted by Crippen LogP contribution is 2.16. The number of nitrogens with one attached hydrogen (secondary N) is 1. The number of aromatic nitrogens is 1. The van der Waals surface area contributed by atoms with Gasteiger partial charge in [0.2, 0.25) is 0 Å². The number of hydrogen-bond acceptors (Lipinski definition) is 4. The Morgan fingerprint density at radius 1 is 1.54 bits per heavy atom. The SMILES string of the molecule is Cc1nc(C)c(CNC(C)CN)s1. The van der Waals surface area contributed by atoms with Crippen molar-refractivity contribution in [1.29, 1.82) is 0 Å². The first kappa shape index (κ1) is 10.6. The zero-order valence-electron chi connectivity index (χ0n) is 8.42. The molecule has 1 rings (SSSR count). The van der Waals surface area contributed by atoms with Gasteiger partial charge in [0.25, 0.3) is 0 Å². The highest BCUT2D eigenvalue weighted by molar-refractivity contribution is 7.11. The average molecular weight is 199 g/mol. The smallest absolute Gasteiger partial charge is 0.0900 e. The normalized spacial score (nSPS) is 13.2. The number of nitrogens with zero attached hydrogens (tertiary/aromatic N) is 1. The van der Waals surface area contributed by atoms with Crippen LogP contribution in [0.25, 0.3) is 0 Å². The van der Waals surface area contributed by atoms with Crippen molar-refractivity contribution in [2.45, 2.75) is 33.4 Å². The summed E-state index contributed by atoms with van der Waals surface area (Å²) in [6.07, 6.45) is 0. The van der Waals surface area contributed by atoms with Crippen molar-refractivity contribution in [3.05, 3.63) is 15.6 Å². The van der Waals surface area contributed by atoms with Crippen LogP contribution < -0.4 is 11.1 Å². The first-order chi connectivity index (χ1) is 6.13. The molecule has 0 spiro atoms. The Hall–Kier alpha value is -0.450. The fourth-order valence-electron chi connectivity index (χ4n) is 1.09. The van der Waals surface area contributed by atoms with Crippen LogP contribution in [0.4, 0.5) is 0 Å². The fourth-order valence-corrected chi connectivity index (χ4v) is 1.98. The summed E-state index contributed by atoms with van der Waals surface area (Å²) in [4.78, 5) is 5.68. The van der Waals surface area contributed by atoms with Crippen molar-refractivity contribution in [2.24, 2.45) is 5.73 Å². The zero-order valence-corrected chi connectivity index (χ0v) is 9.24. The van der Waals surface area contributed by atoms with E-state index in [9.17, 15) is 0 Å². The van der Waals surface area contributed by atoms with Crippen LogP contribution in [0.2, 0.25) is 0 Å². The molecule has 0 amide bonds. The minimum Gasteiger partial charge on any atom is -0.329 e. The Morgan fingerprint density at radius 2 is 2.23 bits per heavy atom. The largest absolute Gasteiger partial charge is 0.329 e. The molecule has 4 heteroatoms. The molecule has 74 valence electrons. The van der Waals surface area contributed by atoms with Crippen LogP contribution >= 0.6 is 11.3 Å². The molecule has 13 heavy (non-hydrogen) atoms. The van der Waals surface area contributed by atoms with Gasteiger partial charge in [0.05, 0.1) is 10.7 Å². The number of rotatable bonds is 4. The van der Waals surface area contributed by atoms with Gasteiger partial charge in [-0.05, 0) is 20.8 Å². The van der Waals surface area contributed by atoms with Crippen molar-refractivity contribution in [1.82, 2.24) is 10.3 Å². The van der Waals surface area contributed by atoms with E-state index in [1.54, 1.807) is 11.3 Å². The molecule has 0 bridgehead atoms. The molecule has 0 radical (unpaired) electrons. The quantitative estimate of drug-likeness (QED) is 0.766. The summed E-state index contributed by atoms with van der Waals surface area (Å²) >= 11 is 1.75. The van der Waals surface area contributed by atoms with Gasteiger partial charge in [0.15, 0.2) is 0 Å². The van der Waals surface area contributed by atoms with Crippen molar-refractivity contribution in [2.75, 3.05) is 6.54 Å². The molecule has 0 aliphatic heterocycles. The first-order valence-corrected chi connectivity index (χ1v) is 5.31. The maximum atomic E-state index is 5.50. The monoisotopic (exact) mass is 199 g/mol. The van der Waals surface area contributed by atoms with Gasteiger partial charge >= 0.3 is 0 Å². The van der Waals surface area contributed by atoms with Gasteiger partial charge in [-0.3, -0.25) is 0 Å². The van der Waals surface area contributed by atoms with Gasteiger partial charge in [0, 0.05) is 24.0 Å². The molecule has 3 N–H and O–H groups in total.